The van der Waals surface area contributed by atoms with E-state index in [2.05, 4.69) is 74.9 Å². The highest BCUT2D eigenvalue weighted by Crippen LogP contribution is 2.53. The molecule has 3 aliphatic heterocycles. The number of nitrogens with one attached hydrogen (secondary N) is 2. The molecule has 5 aromatic rings. The first-order valence-corrected chi connectivity index (χ1v) is 13.8. The van der Waals surface area contributed by atoms with Crippen LogP contribution in [-0.2, 0) is 21.7 Å². The lowest BCUT2D eigenvalue weighted by Gasteiger charge is -2.48. The molecule has 0 saturated carbocycles. The van der Waals surface area contributed by atoms with Crippen molar-refractivity contribution in [2.45, 2.75) is 50.4 Å². The van der Waals surface area contributed by atoms with E-state index >= 15 is 0 Å². The van der Waals surface area contributed by atoms with E-state index in [-0.39, 0.29) is 30.9 Å². The van der Waals surface area contributed by atoms with E-state index in [4.69, 9.17) is 9.47 Å². The largest absolute Gasteiger partial charge is 0.395 e. The second-order valence-corrected chi connectivity index (χ2v) is 11.1. The van der Waals surface area contributed by atoms with Gasteiger partial charge in [-0.2, -0.15) is 0 Å². The van der Waals surface area contributed by atoms with Crippen LogP contribution in [0.1, 0.15) is 47.5 Å². The molecule has 0 aliphatic carbocycles. The molecule has 8 heteroatoms. The van der Waals surface area contributed by atoms with Gasteiger partial charge in [0.2, 0.25) is 0 Å². The summed E-state index contributed by atoms with van der Waals surface area (Å²) in [5, 5.41) is 20.0. The molecule has 2 bridgehead atoms. The number of likely N-dealkylation sites (N-methyl/N-ethyl adjacent to an activating group) is 1. The van der Waals surface area contributed by atoms with Crippen molar-refractivity contribution in [2.75, 3.05) is 20.8 Å². The Morgan fingerprint density at radius 2 is 2.02 bits per heavy atom. The number of aliphatic hydroxyl groups excluding tert-OH is 1. The van der Waals surface area contributed by atoms with Crippen molar-refractivity contribution < 1.29 is 19.4 Å². The number of aromatic nitrogens is 2. The van der Waals surface area contributed by atoms with Crippen molar-refractivity contribution in [2.24, 2.45) is 0 Å². The SMILES string of the molecule is CNC1C[C@H]2O[C@@](C)(C1OC)n1c3ccccc3c3c4c(c5c6cc(C#CCCO)ccc6n2c5c31)C(=O)NC4. The van der Waals surface area contributed by atoms with Crippen LogP contribution in [0.2, 0.25) is 0 Å². The molecule has 2 unspecified atom stereocenters. The zero-order valence-corrected chi connectivity index (χ0v) is 22.7. The highest BCUT2D eigenvalue weighted by molar-refractivity contribution is 6.31. The molecule has 8 nitrogen and oxygen atoms in total. The lowest BCUT2D eigenvalue weighted by Crippen LogP contribution is -2.59. The summed E-state index contributed by atoms with van der Waals surface area (Å²) >= 11 is 0. The maximum absolute atomic E-state index is 13.6. The van der Waals surface area contributed by atoms with E-state index in [0.717, 1.165) is 60.3 Å². The predicted octanol–water partition coefficient (Wildman–Crippen LogP) is 4.09. The van der Waals surface area contributed by atoms with Crippen molar-refractivity contribution >= 4 is 49.5 Å². The molecule has 0 spiro atoms. The van der Waals surface area contributed by atoms with Crippen molar-refractivity contribution in [3.8, 4) is 11.8 Å². The van der Waals surface area contributed by atoms with Crippen LogP contribution in [0.5, 0.6) is 0 Å². The van der Waals surface area contributed by atoms with E-state index < -0.39 is 5.72 Å². The maximum Gasteiger partial charge on any atom is 0.252 e. The average Bonchev–Trinajstić information content (AvgIpc) is 3.60. The Hall–Kier alpha value is -3.87. The monoisotopic (exact) mass is 534 g/mol. The highest BCUT2D eigenvalue weighted by Gasteiger charge is 2.53. The third kappa shape index (κ3) is 2.83. The van der Waals surface area contributed by atoms with Gasteiger partial charge in [-0.25, -0.2) is 0 Å². The summed E-state index contributed by atoms with van der Waals surface area (Å²) in [6, 6.07) is 14.6. The zero-order valence-electron chi connectivity index (χ0n) is 22.7. The fourth-order valence-electron chi connectivity index (χ4n) is 7.68. The number of fused-ring (bicyclic) bond motifs is 13. The number of methoxy groups -OCH3 is 1. The number of rotatable bonds is 3. The molecule has 1 fully saturated rings. The van der Waals surface area contributed by atoms with E-state index in [1.807, 2.05) is 13.1 Å². The van der Waals surface area contributed by atoms with Crippen LogP contribution >= 0.6 is 0 Å². The van der Waals surface area contributed by atoms with Gasteiger partial charge >= 0.3 is 0 Å². The van der Waals surface area contributed by atoms with Gasteiger partial charge in [0, 0.05) is 59.6 Å². The number of benzene rings is 3. The van der Waals surface area contributed by atoms with Gasteiger partial charge in [-0.1, -0.05) is 30.0 Å². The molecule has 8 rings (SSSR count). The summed E-state index contributed by atoms with van der Waals surface area (Å²) in [6.07, 6.45) is 0.582. The van der Waals surface area contributed by atoms with Gasteiger partial charge < -0.3 is 34.3 Å². The second-order valence-electron chi connectivity index (χ2n) is 11.1. The number of para-hydroxylation sites is 1. The van der Waals surface area contributed by atoms with Gasteiger partial charge in [0.15, 0.2) is 5.72 Å². The molecule has 2 aromatic heterocycles. The first-order valence-electron chi connectivity index (χ1n) is 13.8. The Morgan fingerprint density at radius 1 is 1.18 bits per heavy atom. The van der Waals surface area contributed by atoms with E-state index in [9.17, 15) is 9.90 Å². The van der Waals surface area contributed by atoms with E-state index in [0.29, 0.717) is 19.4 Å². The third-order valence-electron chi connectivity index (χ3n) is 9.16. The van der Waals surface area contributed by atoms with Gasteiger partial charge in [0.05, 0.1) is 34.2 Å². The first-order chi connectivity index (χ1) is 19.5. The van der Waals surface area contributed by atoms with Crippen LogP contribution in [-0.4, -0.2) is 53.1 Å². The molecule has 1 saturated heterocycles. The normalized spacial score (nSPS) is 25.0. The maximum atomic E-state index is 13.6. The fourth-order valence-corrected chi connectivity index (χ4v) is 7.68. The molecule has 3 aromatic carbocycles. The van der Waals surface area contributed by atoms with Crippen LogP contribution in [0, 0.1) is 11.8 Å². The molecule has 4 atom stereocenters. The lowest BCUT2D eigenvalue weighted by atomic mass is 9.93. The standard InChI is InChI=1S/C32H30N4O4/c1-32-30(39-3)21(33-2)15-24(40-32)35-22-12-11-17(8-6-7-13-37)14-19(22)26-27-20(16-34-31(27)38)25-18-9-4-5-10-23(18)36(32)29(25)28(26)35/h4-5,9-12,14,21,24,30,33,37H,7,13,15-16H2,1-3H3,(H,34,38)/t21?,24-,30?,32+/m1/s1. The summed E-state index contributed by atoms with van der Waals surface area (Å²) in [7, 11) is 3.74. The highest BCUT2D eigenvalue weighted by atomic mass is 16.6. The topological polar surface area (TPSA) is 89.7 Å². The number of carbonyl (C=O) groups is 1. The smallest absolute Gasteiger partial charge is 0.252 e. The minimum atomic E-state index is -0.815. The summed E-state index contributed by atoms with van der Waals surface area (Å²) in [5.41, 5.74) is 5.95. The Labute approximate surface area is 230 Å². The number of ether oxygens (including phenoxy) is 2. The van der Waals surface area contributed by atoms with Crippen LogP contribution in [0.3, 0.4) is 0 Å². The van der Waals surface area contributed by atoms with Crippen molar-refractivity contribution in [3.63, 3.8) is 0 Å². The molecular formula is C32H30N4O4. The number of hydrogen-bond donors (Lipinski definition) is 3. The number of hydrogen-bond acceptors (Lipinski definition) is 5. The molecular weight excluding hydrogens is 504 g/mol. The van der Waals surface area contributed by atoms with Crippen molar-refractivity contribution in [1.29, 1.82) is 0 Å². The molecule has 202 valence electrons. The van der Waals surface area contributed by atoms with Crippen LogP contribution in [0.25, 0.3) is 43.6 Å². The first kappa shape index (κ1) is 24.0. The van der Waals surface area contributed by atoms with Crippen LogP contribution in [0.4, 0.5) is 0 Å². The molecule has 1 amide bonds. The van der Waals surface area contributed by atoms with Crippen LogP contribution < -0.4 is 10.6 Å². The van der Waals surface area contributed by atoms with Gasteiger partial charge in [0.1, 0.15) is 12.3 Å². The Bertz CT molecular complexity index is 1980. The van der Waals surface area contributed by atoms with Gasteiger partial charge in [-0.15, -0.1) is 0 Å². The minimum Gasteiger partial charge on any atom is -0.395 e. The third-order valence-corrected chi connectivity index (χ3v) is 9.16. The van der Waals surface area contributed by atoms with Gasteiger partial charge in [-0.05, 0) is 43.8 Å². The van der Waals surface area contributed by atoms with Crippen molar-refractivity contribution in [1.82, 2.24) is 19.8 Å². The Kier molecular flexibility index (Phi) is 4.99. The van der Waals surface area contributed by atoms with E-state index in [1.54, 1.807) is 7.11 Å². The van der Waals surface area contributed by atoms with Crippen molar-refractivity contribution in [3.05, 3.63) is 59.2 Å². The number of aliphatic hydroxyl groups is 1. The van der Waals surface area contributed by atoms with Gasteiger partial charge in [0.25, 0.3) is 5.91 Å². The molecule has 3 N–H and O–H groups in total. The van der Waals surface area contributed by atoms with E-state index in [1.165, 1.54) is 0 Å². The summed E-state index contributed by atoms with van der Waals surface area (Å²) < 4.78 is 18.0. The summed E-state index contributed by atoms with van der Waals surface area (Å²) in [6.45, 7) is 2.64. The quantitative estimate of drug-likeness (QED) is 0.304. The molecule has 40 heavy (non-hydrogen) atoms. The lowest BCUT2D eigenvalue weighted by molar-refractivity contribution is -0.256. The van der Waals surface area contributed by atoms with Crippen LogP contribution in [0.15, 0.2) is 42.5 Å². The predicted molar refractivity (Wildman–Crippen MR) is 154 cm³/mol. The Balaban J connectivity index is 1.63. The second kappa shape index (κ2) is 8.32. The number of nitrogens with zero attached hydrogens (tertiary/aromatic N) is 2. The number of carbonyl (C=O) groups excluding carboxylic acids is 1. The minimum absolute atomic E-state index is 0.0254. The number of amides is 1. The summed E-state index contributed by atoms with van der Waals surface area (Å²) in [5.74, 6) is 6.18. The zero-order chi connectivity index (χ0) is 27.3. The molecule has 0 radical (unpaired) electrons. The molecule has 5 heterocycles. The fraction of sp³-hybridized carbons (Fsp3) is 0.344. The Morgan fingerprint density at radius 3 is 2.83 bits per heavy atom. The van der Waals surface area contributed by atoms with Gasteiger partial charge in [-0.3, -0.25) is 4.79 Å². The molecule has 3 aliphatic rings. The summed E-state index contributed by atoms with van der Waals surface area (Å²) in [4.78, 5) is 13.6. The average molecular weight is 535 g/mol.